The number of anilines is 3. The number of hydrogen-bond acceptors (Lipinski definition) is 9. The first kappa shape index (κ1) is 25.9. The lowest BCUT2D eigenvalue weighted by Gasteiger charge is -2.40. The van der Waals surface area contributed by atoms with Crippen LogP contribution in [0.5, 0.6) is 11.5 Å². The van der Waals surface area contributed by atoms with E-state index < -0.39 is 4.92 Å². The van der Waals surface area contributed by atoms with E-state index in [2.05, 4.69) is 68.7 Å². The zero-order valence-corrected chi connectivity index (χ0v) is 21.9. The SMILES string of the molecule is COc1ccc(OC)c(Nc2ncnc(N3CCN(C(c4ccccc4)c4ccccc4)CC3)c2[N+](=O)[O-])c1. The molecule has 1 aliphatic rings. The van der Waals surface area contributed by atoms with E-state index >= 15 is 0 Å². The molecule has 10 nitrogen and oxygen atoms in total. The molecule has 1 saturated heterocycles. The Morgan fingerprint density at radius 1 is 0.872 bits per heavy atom. The van der Waals surface area contributed by atoms with Gasteiger partial charge >= 0.3 is 5.69 Å². The molecule has 1 N–H and O–H groups in total. The van der Waals surface area contributed by atoms with Gasteiger partial charge in [-0.1, -0.05) is 60.7 Å². The highest BCUT2D eigenvalue weighted by molar-refractivity contribution is 5.77. The molecular weight excluding hydrogens is 496 g/mol. The van der Waals surface area contributed by atoms with E-state index in [0.717, 1.165) is 0 Å². The van der Waals surface area contributed by atoms with Crippen LogP contribution in [0, 0.1) is 10.1 Å². The summed E-state index contributed by atoms with van der Waals surface area (Å²) in [6, 6.07) is 26.1. The minimum Gasteiger partial charge on any atom is -0.497 e. The quantitative estimate of drug-likeness (QED) is 0.237. The number of hydrogen-bond donors (Lipinski definition) is 1. The summed E-state index contributed by atoms with van der Waals surface area (Å²) < 4.78 is 10.7. The van der Waals surface area contributed by atoms with Crippen molar-refractivity contribution < 1.29 is 14.4 Å². The molecule has 0 aliphatic carbocycles. The average molecular weight is 527 g/mol. The van der Waals surface area contributed by atoms with E-state index in [9.17, 15) is 10.1 Å². The van der Waals surface area contributed by atoms with Crippen LogP contribution in [0.4, 0.5) is 23.0 Å². The summed E-state index contributed by atoms with van der Waals surface area (Å²) in [6.07, 6.45) is 1.35. The maximum Gasteiger partial charge on any atom is 0.353 e. The molecule has 0 radical (unpaired) electrons. The molecule has 10 heteroatoms. The van der Waals surface area contributed by atoms with Crippen molar-refractivity contribution in [2.75, 3.05) is 50.6 Å². The lowest BCUT2D eigenvalue weighted by molar-refractivity contribution is -0.383. The molecule has 0 unspecified atom stereocenters. The standard InChI is InChI=1S/C29H30N6O4/c1-38-23-13-14-25(39-2)24(19-23)32-28-27(35(36)37)29(31-20-30-28)34-17-15-33(16-18-34)26(21-9-5-3-6-10-21)22-11-7-4-8-12-22/h3-14,19-20,26H,15-18H2,1-2H3,(H,30,31,32). The number of piperazine rings is 1. The van der Waals surface area contributed by atoms with Crippen molar-refractivity contribution in [3.8, 4) is 11.5 Å². The van der Waals surface area contributed by atoms with Crippen LogP contribution in [0.2, 0.25) is 0 Å². The minimum absolute atomic E-state index is 0.0884. The van der Waals surface area contributed by atoms with Crippen molar-refractivity contribution in [2.24, 2.45) is 0 Å². The molecular formula is C29H30N6O4. The molecule has 1 aromatic heterocycles. The van der Waals surface area contributed by atoms with Gasteiger partial charge in [-0.2, -0.15) is 0 Å². The molecule has 3 aromatic carbocycles. The van der Waals surface area contributed by atoms with E-state index in [0.29, 0.717) is 43.4 Å². The summed E-state index contributed by atoms with van der Waals surface area (Å²) in [4.78, 5) is 24.8. The van der Waals surface area contributed by atoms with Gasteiger partial charge < -0.3 is 19.7 Å². The number of ether oxygens (including phenoxy) is 2. The molecule has 1 fully saturated rings. The third kappa shape index (κ3) is 5.60. The Bertz CT molecular complexity index is 1370. The summed E-state index contributed by atoms with van der Waals surface area (Å²) in [5, 5.41) is 15.4. The zero-order chi connectivity index (χ0) is 27.2. The van der Waals surface area contributed by atoms with E-state index in [1.54, 1.807) is 25.3 Å². The van der Waals surface area contributed by atoms with Crippen molar-refractivity contribution in [3.05, 3.63) is 106 Å². The summed E-state index contributed by atoms with van der Waals surface area (Å²) in [7, 11) is 3.08. The van der Waals surface area contributed by atoms with Crippen molar-refractivity contribution >= 4 is 23.0 Å². The van der Waals surface area contributed by atoms with Crippen LogP contribution >= 0.6 is 0 Å². The second-order valence-corrected chi connectivity index (χ2v) is 9.09. The lowest BCUT2D eigenvalue weighted by atomic mass is 9.96. The maximum atomic E-state index is 12.3. The molecule has 0 saturated carbocycles. The van der Waals surface area contributed by atoms with Crippen LogP contribution in [0.25, 0.3) is 0 Å². The molecule has 2 heterocycles. The molecule has 39 heavy (non-hydrogen) atoms. The fourth-order valence-corrected chi connectivity index (χ4v) is 4.98. The summed E-state index contributed by atoms with van der Waals surface area (Å²) >= 11 is 0. The van der Waals surface area contributed by atoms with Crippen LogP contribution in [0.3, 0.4) is 0 Å². The first-order valence-corrected chi connectivity index (χ1v) is 12.7. The van der Waals surface area contributed by atoms with Crippen molar-refractivity contribution in [2.45, 2.75) is 6.04 Å². The smallest absolute Gasteiger partial charge is 0.353 e. The van der Waals surface area contributed by atoms with Crippen molar-refractivity contribution in [1.82, 2.24) is 14.9 Å². The number of nitrogens with one attached hydrogen (secondary N) is 1. The molecule has 1 aliphatic heterocycles. The zero-order valence-electron chi connectivity index (χ0n) is 21.9. The van der Waals surface area contributed by atoms with Gasteiger partial charge in [0.2, 0.25) is 11.6 Å². The molecule has 0 spiro atoms. The van der Waals surface area contributed by atoms with E-state index in [1.807, 2.05) is 17.0 Å². The molecule has 4 aromatic rings. The van der Waals surface area contributed by atoms with Crippen molar-refractivity contribution in [3.63, 3.8) is 0 Å². The van der Waals surface area contributed by atoms with Gasteiger partial charge in [-0.15, -0.1) is 0 Å². The van der Waals surface area contributed by atoms with Crippen LogP contribution in [0.15, 0.2) is 85.2 Å². The number of aromatic nitrogens is 2. The van der Waals surface area contributed by atoms with Gasteiger partial charge in [-0.3, -0.25) is 15.0 Å². The first-order valence-electron chi connectivity index (χ1n) is 12.7. The van der Waals surface area contributed by atoms with Gasteiger partial charge in [-0.25, -0.2) is 9.97 Å². The minimum atomic E-state index is -0.437. The molecule has 5 rings (SSSR count). The molecule has 200 valence electrons. The molecule has 0 atom stereocenters. The Hall–Kier alpha value is -4.70. The number of methoxy groups -OCH3 is 2. The Kier molecular flexibility index (Phi) is 7.83. The van der Waals surface area contributed by atoms with Crippen LogP contribution in [-0.4, -0.2) is 60.2 Å². The maximum absolute atomic E-state index is 12.3. The van der Waals surface area contributed by atoms with Gasteiger partial charge in [0.05, 0.1) is 30.9 Å². The van der Waals surface area contributed by atoms with Crippen LogP contribution in [0.1, 0.15) is 17.2 Å². The Labute approximate surface area is 227 Å². The highest BCUT2D eigenvalue weighted by Gasteiger charge is 2.32. The predicted molar refractivity (Wildman–Crippen MR) is 150 cm³/mol. The van der Waals surface area contributed by atoms with E-state index in [4.69, 9.17) is 9.47 Å². The lowest BCUT2D eigenvalue weighted by Crippen LogP contribution is -2.48. The fourth-order valence-electron chi connectivity index (χ4n) is 4.98. The topological polar surface area (TPSA) is 106 Å². The number of benzene rings is 3. The second kappa shape index (κ2) is 11.8. The highest BCUT2D eigenvalue weighted by atomic mass is 16.6. The summed E-state index contributed by atoms with van der Waals surface area (Å²) in [5.41, 5.74) is 2.74. The van der Waals surface area contributed by atoms with Gasteiger partial charge in [0.15, 0.2) is 0 Å². The Morgan fingerprint density at radius 2 is 1.51 bits per heavy atom. The van der Waals surface area contributed by atoms with E-state index in [-0.39, 0.29) is 23.4 Å². The third-order valence-corrected chi connectivity index (χ3v) is 6.85. The number of nitrogens with zero attached hydrogens (tertiary/aromatic N) is 5. The van der Waals surface area contributed by atoms with Crippen LogP contribution < -0.4 is 19.7 Å². The molecule has 0 amide bonds. The van der Waals surface area contributed by atoms with Gasteiger partial charge in [0.1, 0.15) is 17.8 Å². The number of rotatable bonds is 9. The Morgan fingerprint density at radius 3 is 2.08 bits per heavy atom. The average Bonchev–Trinajstić information content (AvgIpc) is 2.98. The summed E-state index contributed by atoms with van der Waals surface area (Å²) in [6.45, 7) is 2.58. The van der Waals surface area contributed by atoms with Gasteiger partial charge in [0, 0.05) is 32.2 Å². The largest absolute Gasteiger partial charge is 0.497 e. The second-order valence-electron chi connectivity index (χ2n) is 9.09. The monoisotopic (exact) mass is 526 g/mol. The fraction of sp³-hybridized carbons (Fsp3) is 0.241. The molecule has 0 bridgehead atoms. The van der Waals surface area contributed by atoms with E-state index in [1.165, 1.54) is 24.6 Å². The van der Waals surface area contributed by atoms with Gasteiger partial charge in [0.25, 0.3) is 0 Å². The summed E-state index contributed by atoms with van der Waals surface area (Å²) in [5.74, 6) is 1.46. The third-order valence-electron chi connectivity index (χ3n) is 6.85. The Balaban J connectivity index is 1.41. The van der Waals surface area contributed by atoms with Crippen LogP contribution in [-0.2, 0) is 0 Å². The normalized spacial score (nSPS) is 13.8. The highest BCUT2D eigenvalue weighted by Crippen LogP contribution is 2.38. The first-order chi connectivity index (χ1) is 19.1. The van der Waals surface area contributed by atoms with Crippen molar-refractivity contribution in [1.29, 1.82) is 0 Å². The predicted octanol–water partition coefficient (Wildman–Crippen LogP) is 5.06. The number of nitro groups is 1. The van der Waals surface area contributed by atoms with Gasteiger partial charge in [-0.05, 0) is 23.3 Å².